The van der Waals surface area contributed by atoms with E-state index in [-0.39, 0.29) is 498 Å². The average Bonchev–Trinajstić information content (AvgIpc) is 2.84. The molecule has 0 aromatic carbocycles. The van der Waals surface area contributed by atoms with Crippen LogP contribution in [0.4, 0.5) is 0 Å². The van der Waals surface area contributed by atoms with Crippen LogP contribution in [0.1, 0.15) is 149 Å². The molecule has 4 aliphatic rings. The summed E-state index contributed by atoms with van der Waals surface area (Å²) >= 11 is 0. The summed E-state index contributed by atoms with van der Waals surface area (Å²) in [4.78, 5) is 0. The molecule has 44 heavy (non-hydrogen) atoms. The maximum absolute atomic E-state index is 3.25. The average molecular weight is 1740 g/mol. The molecular formula is C29H58Y15-2. The molecule has 4 saturated carbocycles. The van der Waals surface area contributed by atoms with Crippen LogP contribution in [-0.2, 0) is 491 Å². The van der Waals surface area contributed by atoms with Gasteiger partial charge >= 0.3 is 0 Å². The van der Waals surface area contributed by atoms with Gasteiger partial charge in [-0.05, 0) is 23.7 Å². The smallest absolute Gasteiger partial charge is 0 e. The van der Waals surface area contributed by atoms with Crippen LogP contribution in [0.2, 0.25) is 0 Å². The van der Waals surface area contributed by atoms with E-state index >= 15 is 0 Å². The summed E-state index contributed by atoms with van der Waals surface area (Å²) in [7, 11) is 0. The Kier molecular flexibility index (Phi) is 213. The molecule has 0 aromatic rings. The molecule has 0 N–H and O–H groups in total. The van der Waals surface area contributed by atoms with Crippen molar-refractivity contribution in [1.29, 1.82) is 0 Å². The molecule has 0 heterocycles. The third-order valence-corrected chi connectivity index (χ3v) is 7.93. The van der Waals surface area contributed by atoms with E-state index in [4.69, 9.17) is 0 Å². The van der Waals surface area contributed by atoms with Crippen molar-refractivity contribution in [2.75, 3.05) is 0 Å². The molecule has 4 aliphatic carbocycles. The zero-order valence-electron chi connectivity index (χ0n) is 29.8. The predicted octanol–water partition coefficient (Wildman–Crippen LogP) is 10.6. The van der Waals surface area contributed by atoms with E-state index in [1.54, 1.807) is 58.3 Å². The number of hydrogen-bond acceptors (Lipinski definition) is 0. The first-order valence-electron chi connectivity index (χ1n) is 13.6. The van der Waals surface area contributed by atoms with Crippen LogP contribution in [0, 0.1) is 38.0 Å². The van der Waals surface area contributed by atoms with Crippen molar-refractivity contribution in [2.24, 2.45) is 23.7 Å². The Balaban J connectivity index is -0.0000000172. The molecule has 0 atom stereocenters. The van der Waals surface area contributed by atoms with Gasteiger partial charge in [-0.15, -0.1) is 0 Å². The molecule has 0 spiro atoms. The second-order valence-corrected chi connectivity index (χ2v) is 9.59. The van der Waals surface area contributed by atoms with E-state index in [0.717, 1.165) is 23.7 Å². The minimum absolute atomic E-state index is 0. The van der Waals surface area contributed by atoms with Gasteiger partial charge in [0.25, 0.3) is 0 Å². The minimum atomic E-state index is 0. The number of rotatable bonds is 2. The fourth-order valence-corrected chi connectivity index (χ4v) is 6.42. The van der Waals surface area contributed by atoms with E-state index < -0.39 is 0 Å². The van der Waals surface area contributed by atoms with Gasteiger partial charge < -0.3 is 14.4 Å². The van der Waals surface area contributed by atoms with Crippen molar-refractivity contribution >= 4 is 0 Å². The standard InChI is InChI=1S/2C12H22.C2H6.C2H5.CH3.15Y/c2*1-3-7-11(8-4-1)12-9-5-2-6-10-12;2*1-2;;;;;;;;;;;;;;;;/h2*11-12H,1-10H2;1-2H3;1H2,2H3;1H3;;;;;;;;;;;;;;;/q;;;2*-1;;;;;;;;;;;;;;;. The SMILES string of the molecule is C1CCC(C2CCCCC2)CC1.C1CCC(C2CCCCC2)CC1.CC.[CH2-]C.[CH3-].[Y].[Y].[Y].[Y].[Y].[Y].[Y].[Y].[Y].[Y].[Y].[Y].[Y].[Y].[Y]. The van der Waals surface area contributed by atoms with Crippen LogP contribution in [-0.4, -0.2) is 0 Å². The Bertz CT molecular complexity index is 273. The molecule has 4 fully saturated rings. The van der Waals surface area contributed by atoms with Gasteiger partial charge in [0.05, 0.1) is 0 Å². The Hall–Kier alpha value is 16.6. The van der Waals surface area contributed by atoms with E-state index in [0.29, 0.717) is 0 Å². The van der Waals surface area contributed by atoms with E-state index in [9.17, 15) is 0 Å². The molecule has 0 aliphatic heterocycles. The summed E-state index contributed by atoms with van der Waals surface area (Å²) in [5.74, 6) is 4.55. The van der Waals surface area contributed by atoms with Gasteiger partial charge in [-0.25, -0.2) is 0 Å². The van der Waals surface area contributed by atoms with Crippen molar-refractivity contribution in [3.8, 4) is 0 Å². The molecule has 0 saturated heterocycles. The Morgan fingerprint density at radius 3 is 0.432 bits per heavy atom. The van der Waals surface area contributed by atoms with Gasteiger partial charge in [-0.2, -0.15) is 6.92 Å². The molecule has 15 radical (unpaired) electrons. The van der Waals surface area contributed by atoms with Crippen LogP contribution < -0.4 is 0 Å². The third-order valence-electron chi connectivity index (χ3n) is 7.93. The second kappa shape index (κ2) is 86.6. The first kappa shape index (κ1) is 108. The Morgan fingerprint density at radius 1 is 0.250 bits per heavy atom. The monoisotopic (exact) mass is 1740 g/mol. The second-order valence-electron chi connectivity index (χ2n) is 9.59. The predicted molar refractivity (Wildman–Crippen MR) is 135 cm³/mol. The van der Waals surface area contributed by atoms with E-state index in [1.165, 1.54) is 77.0 Å². The normalized spacial score (nSPS) is 16.1. The fourth-order valence-electron chi connectivity index (χ4n) is 6.42. The first-order valence-corrected chi connectivity index (χ1v) is 13.6. The van der Waals surface area contributed by atoms with Crippen LogP contribution in [0.5, 0.6) is 0 Å². The molecule has 0 aromatic heterocycles. The molecule has 0 unspecified atom stereocenters. The largest absolute Gasteiger partial charge is 0.358 e. The zero-order chi connectivity index (χ0) is 20.5. The summed E-state index contributed by atoms with van der Waals surface area (Å²) in [6.45, 7) is 9.00. The molecule has 221 valence electrons. The summed E-state index contributed by atoms with van der Waals surface area (Å²) in [6, 6.07) is 0. The topological polar surface area (TPSA) is 0 Å². The van der Waals surface area contributed by atoms with Gasteiger partial charge in [0.15, 0.2) is 0 Å². The molecule has 0 bridgehead atoms. The van der Waals surface area contributed by atoms with Crippen LogP contribution in [0.15, 0.2) is 0 Å². The minimum Gasteiger partial charge on any atom is -0.358 e. The van der Waals surface area contributed by atoms with Crippen molar-refractivity contribution in [3.63, 3.8) is 0 Å². The maximum atomic E-state index is 3.25. The Labute approximate surface area is 658 Å². The first-order chi connectivity index (χ1) is 13.9. The van der Waals surface area contributed by atoms with Crippen LogP contribution >= 0.6 is 0 Å². The maximum Gasteiger partial charge on any atom is 0 e. The van der Waals surface area contributed by atoms with Crippen molar-refractivity contribution < 1.29 is 491 Å². The molecule has 15 heteroatoms. The van der Waals surface area contributed by atoms with Crippen LogP contribution in [0.3, 0.4) is 0 Å². The molecule has 0 amide bonds. The zero-order valence-corrected chi connectivity index (χ0v) is 72.4. The summed E-state index contributed by atoms with van der Waals surface area (Å²) in [6.07, 6.45) is 30.8. The summed E-state index contributed by atoms with van der Waals surface area (Å²) < 4.78 is 0. The van der Waals surface area contributed by atoms with Gasteiger partial charge in [-0.3, -0.25) is 0 Å². The number of hydrogen-bond donors (Lipinski definition) is 0. The molecule has 0 nitrogen and oxygen atoms in total. The van der Waals surface area contributed by atoms with Crippen molar-refractivity contribution in [1.82, 2.24) is 0 Å². The Morgan fingerprint density at radius 2 is 0.341 bits per heavy atom. The fraction of sp³-hybridized carbons (Fsp3) is 0.931. The van der Waals surface area contributed by atoms with Crippen molar-refractivity contribution in [2.45, 2.75) is 149 Å². The van der Waals surface area contributed by atoms with Gasteiger partial charge in [-0.1, -0.05) is 142 Å². The van der Waals surface area contributed by atoms with Crippen molar-refractivity contribution in [3.05, 3.63) is 14.4 Å². The summed E-state index contributed by atoms with van der Waals surface area (Å²) in [5.41, 5.74) is 0. The molecular weight excluding hydrogens is 1680 g/mol. The molecule has 4 rings (SSSR count). The van der Waals surface area contributed by atoms with Gasteiger partial charge in [0, 0.05) is 491 Å². The quantitative estimate of drug-likeness (QED) is 0.242. The van der Waals surface area contributed by atoms with Gasteiger partial charge in [0.1, 0.15) is 0 Å². The van der Waals surface area contributed by atoms with E-state index in [1.807, 2.05) is 13.8 Å². The van der Waals surface area contributed by atoms with Gasteiger partial charge in [0.2, 0.25) is 0 Å². The third kappa shape index (κ3) is 60.6. The van der Waals surface area contributed by atoms with Crippen LogP contribution in [0.25, 0.3) is 0 Å². The van der Waals surface area contributed by atoms with E-state index in [2.05, 4.69) is 6.92 Å². The summed E-state index contributed by atoms with van der Waals surface area (Å²) in [5, 5.41) is 0.